The van der Waals surface area contributed by atoms with Gasteiger partial charge in [0.15, 0.2) is 0 Å². The molecule has 4 atom stereocenters. The summed E-state index contributed by atoms with van der Waals surface area (Å²) in [6.45, 7) is 1.43. The molecule has 0 radical (unpaired) electrons. The molecule has 3 aliphatic rings. The summed E-state index contributed by atoms with van der Waals surface area (Å²) in [5.74, 6) is 0.964. The lowest BCUT2D eigenvalue weighted by Gasteiger charge is -2.42. The monoisotopic (exact) mass is 238 g/mol. The Morgan fingerprint density at radius 2 is 2.00 bits per heavy atom. The third kappa shape index (κ3) is 2.13. The van der Waals surface area contributed by atoms with Crippen LogP contribution in [0.1, 0.15) is 51.4 Å². The zero-order valence-corrected chi connectivity index (χ0v) is 10.8. The largest absolute Gasteiger partial charge is 0.394 e. The molecule has 1 aliphatic heterocycles. The average Bonchev–Trinajstić information content (AvgIpc) is 2.95. The molecule has 3 heteroatoms. The maximum Gasteiger partial charge on any atom is 0.0611 e. The molecule has 1 saturated heterocycles. The smallest absolute Gasteiger partial charge is 0.0611 e. The fourth-order valence-electron chi connectivity index (χ4n) is 4.50. The van der Waals surface area contributed by atoms with E-state index in [1.165, 1.54) is 45.1 Å². The van der Waals surface area contributed by atoms with Gasteiger partial charge in [-0.1, -0.05) is 6.42 Å². The van der Waals surface area contributed by atoms with Crippen LogP contribution in [0.3, 0.4) is 0 Å². The Labute approximate surface area is 104 Å². The molecule has 3 nitrogen and oxygen atoms in total. The highest BCUT2D eigenvalue weighted by atomic mass is 16.3. The van der Waals surface area contributed by atoms with Crippen molar-refractivity contribution in [3.63, 3.8) is 0 Å². The SMILES string of the molecule is NC1(CO)CCC(N2CCCC3CCCC32)C1. The third-order valence-electron chi connectivity index (χ3n) is 5.44. The highest BCUT2D eigenvalue weighted by Crippen LogP contribution is 2.41. The van der Waals surface area contributed by atoms with Gasteiger partial charge in [-0.05, 0) is 57.4 Å². The number of piperidine rings is 1. The number of nitrogens with two attached hydrogens (primary N) is 1. The van der Waals surface area contributed by atoms with Crippen molar-refractivity contribution in [1.82, 2.24) is 4.90 Å². The lowest BCUT2D eigenvalue weighted by molar-refractivity contribution is 0.0644. The third-order valence-corrected chi connectivity index (χ3v) is 5.44. The van der Waals surface area contributed by atoms with Crippen molar-refractivity contribution in [2.75, 3.05) is 13.2 Å². The summed E-state index contributed by atoms with van der Waals surface area (Å²) < 4.78 is 0. The minimum atomic E-state index is -0.282. The number of aliphatic hydroxyl groups excluding tert-OH is 1. The predicted molar refractivity (Wildman–Crippen MR) is 68.7 cm³/mol. The van der Waals surface area contributed by atoms with Gasteiger partial charge in [0.2, 0.25) is 0 Å². The van der Waals surface area contributed by atoms with Gasteiger partial charge in [0.05, 0.1) is 6.61 Å². The Morgan fingerprint density at radius 1 is 1.18 bits per heavy atom. The molecule has 0 spiro atoms. The van der Waals surface area contributed by atoms with Crippen molar-refractivity contribution in [1.29, 1.82) is 0 Å². The van der Waals surface area contributed by atoms with Gasteiger partial charge in [-0.2, -0.15) is 0 Å². The lowest BCUT2D eigenvalue weighted by Crippen LogP contribution is -2.49. The summed E-state index contributed by atoms with van der Waals surface area (Å²) in [5, 5.41) is 9.39. The molecule has 0 bridgehead atoms. The first-order valence-corrected chi connectivity index (χ1v) is 7.37. The number of hydrogen-bond donors (Lipinski definition) is 2. The van der Waals surface area contributed by atoms with Crippen LogP contribution in [0.15, 0.2) is 0 Å². The molecule has 0 aromatic rings. The van der Waals surface area contributed by atoms with E-state index in [0.29, 0.717) is 6.04 Å². The summed E-state index contributed by atoms with van der Waals surface area (Å²) >= 11 is 0. The molecular weight excluding hydrogens is 212 g/mol. The highest BCUT2D eigenvalue weighted by Gasteiger charge is 2.43. The molecule has 98 valence electrons. The zero-order valence-electron chi connectivity index (χ0n) is 10.8. The lowest BCUT2D eigenvalue weighted by atomic mass is 9.90. The Morgan fingerprint density at radius 3 is 2.76 bits per heavy atom. The van der Waals surface area contributed by atoms with Gasteiger partial charge in [0.25, 0.3) is 0 Å². The van der Waals surface area contributed by atoms with Gasteiger partial charge in [-0.15, -0.1) is 0 Å². The normalized spacial score (nSPS) is 47.3. The Balaban J connectivity index is 1.68. The zero-order chi connectivity index (χ0) is 11.9. The van der Waals surface area contributed by atoms with E-state index >= 15 is 0 Å². The number of aliphatic hydroxyl groups is 1. The number of nitrogens with zero attached hydrogens (tertiary/aromatic N) is 1. The Hall–Kier alpha value is -0.120. The Bertz CT molecular complexity index is 283. The van der Waals surface area contributed by atoms with Crippen LogP contribution in [-0.2, 0) is 0 Å². The van der Waals surface area contributed by atoms with Crippen LogP contribution < -0.4 is 5.73 Å². The van der Waals surface area contributed by atoms with Crippen LogP contribution >= 0.6 is 0 Å². The molecule has 0 aromatic heterocycles. The first kappa shape index (κ1) is 11.9. The van der Waals surface area contributed by atoms with Crippen LogP contribution in [0.4, 0.5) is 0 Å². The van der Waals surface area contributed by atoms with Crippen molar-refractivity contribution < 1.29 is 5.11 Å². The Kier molecular flexibility index (Phi) is 3.18. The maximum atomic E-state index is 9.39. The van der Waals surface area contributed by atoms with Crippen molar-refractivity contribution in [3.05, 3.63) is 0 Å². The van der Waals surface area contributed by atoms with Gasteiger partial charge < -0.3 is 10.8 Å². The summed E-state index contributed by atoms with van der Waals surface area (Å²) in [6.07, 6.45) is 10.3. The first-order valence-electron chi connectivity index (χ1n) is 7.37. The molecule has 0 amide bonds. The second-order valence-electron chi connectivity index (χ2n) is 6.56. The average molecular weight is 238 g/mol. The number of hydrogen-bond acceptors (Lipinski definition) is 3. The quantitative estimate of drug-likeness (QED) is 0.766. The topological polar surface area (TPSA) is 49.5 Å². The van der Waals surface area contributed by atoms with E-state index in [4.69, 9.17) is 5.73 Å². The van der Waals surface area contributed by atoms with E-state index in [-0.39, 0.29) is 12.1 Å². The second-order valence-corrected chi connectivity index (χ2v) is 6.56. The van der Waals surface area contributed by atoms with Crippen LogP contribution in [-0.4, -0.2) is 40.8 Å². The predicted octanol–water partition coefficient (Wildman–Crippen LogP) is 1.49. The number of likely N-dealkylation sites (tertiary alicyclic amines) is 1. The summed E-state index contributed by atoms with van der Waals surface area (Å²) in [5.41, 5.74) is 5.93. The molecule has 2 aliphatic carbocycles. The van der Waals surface area contributed by atoms with Gasteiger partial charge in [-0.25, -0.2) is 0 Å². The van der Waals surface area contributed by atoms with Gasteiger partial charge in [-0.3, -0.25) is 4.90 Å². The van der Waals surface area contributed by atoms with E-state index in [9.17, 15) is 5.11 Å². The fraction of sp³-hybridized carbons (Fsp3) is 1.00. The minimum Gasteiger partial charge on any atom is -0.394 e. The maximum absolute atomic E-state index is 9.39. The molecule has 3 N–H and O–H groups in total. The second kappa shape index (κ2) is 4.52. The van der Waals surface area contributed by atoms with E-state index in [1.54, 1.807) is 0 Å². The standard InChI is InChI=1S/C14H26N2O/c15-14(10-17)7-6-12(9-14)16-8-2-4-11-3-1-5-13(11)16/h11-13,17H,1-10,15H2. The summed E-state index contributed by atoms with van der Waals surface area (Å²) in [4.78, 5) is 2.76. The van der Waals surface area contributed by atoms with E-state index < -0.39 is 0 Å². The van der Waals surface area contributed by atoms with Crippen molar-refractivity contribution in [2.45, 2.75) is 69.0 Å². The van der Waals surface area contributed by atoms with E-state index in [1.807, 2.05) is 0 Å². The van der Waals surface area contributed by atoms with Crippen molar-refractivity contribution in [2.24, 2.45) is 11.7 Å². The van der Waals surface area contributed by atoms with Gasteiger partial charge in [0.1, 0.15) is 0 Å². The molecule has 4 unspecified atom stereocenters. The fourth-order valence-corrected chi connectivity index (χ4v) is 4.50. The molecular formula is C14H26N2O. The van der Waals surface area contributed by atoms with Crippen molar-refractivity contribution in [3.8, 4) is 0 Å². The van der Waals surface area contributed by atoms with E-state index in [0.717, 1.165) is 24.8 Å². The molecule has 3 fully saturated rings. The molecule has 3 rings (SSSR count). The molecule has 2 saturated carbocycles. The van der Waals surface area contributed by atoms with Crippen LogP contribution in [0.25, 0.3) is 0 Å². The highest BCUT2D eigenvalue weighted by molar-refractivity contribution is 5.01. The first-order chi connectivity index (χ1) is 8.22. The number of fused-ring (bicyclic) bond motifs is 1. The van der Waals surface area contributed by atoms with Crippen molar-refractivity contribution >= 4 is 0 Å². The van der Waals surface area contributed by atoms with E-state index in [2.05, 4.69) is 4.90 Å². The summed E-state index contributed by atoms with van der Waals surface area (Å²) in [6, 6.07) is 1.49. The van der Waals surface area contributed by atoms with Crippen LogP contribution in [0.5, 0.6) is 0 Å². The molecule has 0 aromatic carbocycles. The molecule has 1 heterocycles. The van der Waals surface area contributed by atoms with Gasteiger partial charge >= 0.3 is 0 Å². The van der Waals surface area contributed by atoms with Crippen LogP contribution in [0.2, 0.25) is 0 Å². The van der Waals surface area contributed by atoms with Crippen LogP contribution in [0, 0.1) is 5.92 Å². The molecule has 17 heavy (non-hydrogen) atoms. The summed E-state index contributed by atoms with van der Waals surface area (Å²) in [7, 11) is 0. The van der Waals surface area contributed by atoms with Gasteiger partial charge in [0, 0.05) is 17.6 Å². The number of rotatable bonds is 2. The minimum absolute atomic E-state index is 0.158.